The summed E-state index contributed by atoms with van der Waals surface area (Å²) < 4.78 is 15.0. The molecule has 0 unspecified atom stereocenters. The van der Waals surface area contributed by atoms with Crippen molar-refractivity contribution in [2.45, 2.75) is 25.9 Å². The van der Waals surface area contributed by atoms with Crippen LogP contribution >= 0.6 is 0 Å². The topological polar surface area (TPSA) is 46.9 Å². The highest BCUT2D eigenvalue weighted by atomic mass is 19.1. The molecule has 4 rings (SSSR count). The summed E-state index contributed by atoms with van der Waals surface area (Å²) in [5.41, 5.74) is 2.63. The SMILES string of the molecule is CC(C)(NC(=O)c1nn(Cc2ccc(F)cc2)c2ccccc12)c1ccccc1. The van der Waals surface area contributed by atoms with E-state index in [0.717, 1.165) is 22.0 Å². The second kappa shape index (κ2) is 7.51. The third-order valence-electron chi connectivity index (χ3n) is 5.04. The highest BCUT2D eigenvalue weighted by Gasteiger charge is 2.26. The zero-order chi connectivity index (χ0) is 20.4. The fraction of sp³-hybridized carbons (Fsp3) is 0.167. The van der Waals surface area contributed by atoms with Crippen molar-refractivity contribution in [2.24, 2.45) is 0 Å². The van der Waals surface area contributed by atoms with Crippen LogP contribution in [0.5, 0.6) is 0 Å². The Bertz CT molecular complexity index is 1150. The maximum absolute atomic E-state index is 13.2. The third-order valence-corrected chi connectivity index (χ3v) is 5.04. The Labute approximate surface area is 169 Å². The number of hydrogen-bond donors (Lipinski definition) is 1. The Hall–Kier alpha value is -3.47. The van der Waals surface area contributed by atoms with Crippen molar-refractivity contribution >= 4 is 16.8 Å². The first-order chi connectivity index (χ1) is 13.9. The molecule has 146 valence electrons. The lowest BCUT2D eigenvalue weighted by atomic mass is 9.94. The monoisotopic (exact) mass is 387 g/mol. The Morgan fingerprint density at radius 1 is 0.966 bits per heavy atom. The molecule has 0 fully saturated rings. The van der Waals surface area contributed by atoms with Crippen LogP contribution in [0.15, 0.2) is 78.9 Å². The molecule has 0 atom stereocenters. The minimum Gasteiger partial charge on any atom is -0.342 e. The summed E-state index contributed by atoms with van der Waals surface area (Å²) in [5.74, 6) is -0.504. The molecular formula is C24H22FN3O. The molecule has 1 N–H and O–H groups in total. The summed E-state index contributed by atoms with van der Waals surface area (Å²) >= 11 is 0. The van der Waals surface area contributed by atoms with Gasteiger partial charge in [-0.3, -0.25) is 9.48 Å². The predicted octanol–water partition coefficient (Wildman–Crippen LogP) is 4.89. The molecule has 0 spiro atoms. The van der Waals surface area contributed by atoms with Crippen molar-refractivity contribution in [3.63, 3.8) is 0 Å². The van der Waals surface area contributed by atoms with E-state index in [1.807, 2.05) is 68.4 Å². The second-order valence-electron chi connectivity index (χ2n) is 7.60. The molecule has 0 bridgehead atoms. The molecule has 5 heteroatoms. The highest BCUT2D eigenvalue weighted by Crippen LogP contribution is 2.23. The quantitative estimate of drug-likeness (QED) is 0.530. The van der Waals surface area contributed by atoms with Crippen molar-refractivity contribution in [3.05, 3.63) is 102 Å². The first kappa shape index (κ1) is 18.9. The van der Waals surface area contributed by atoms with Gasteiger partial charge in [-0.05, 0) is 43.2 Å². The molecule has 1 amide bonds. The molecule has 29 heavy (non-hydrogen) atoms. The maximum atomic E-state index is 13.2. The van der Waals surface area contributed by atoms with Gasteiger partial charge in [-0.25, -0.2) is 4.39 Å². The third kappa shape index (κ3) is 3.90. The number of nitrogens with one attached hydrogen (secondary N) is 1. The number of amides is 1. The van der Waals surface area contributed by atoms with Crippen LogP contribution in [0.4, 0.5) is 4.39 Å². The molecule has 3 aromatic carbocycles. The van der Waals surface area contributed by atoms with Crippen molar-refractivity contribution < 1.29 is 9.18 Å². The van der Waals surface area contributed by atoms with Gasteiger partial charge in [0.25, 0.3) is 5.91 Å². The van der Waals surface area contributed by atoms with Crippen LogP contribution in [0, 0.1) is 5.82 Å². The molecule has 0 aliphatic carbocycles. The second-order valence-corrected chi connectivity index (χ2v) is 7.60. The van der Waals surface area contributed by atoms with Crippen LogP contribution in [0.1, 0.15) is 35.5 Å². The molecule has 0 saturated carbocycles. The minimum atomic E-state index is -0.541. The number of nitrogens with zero attached hydrogens (tertiary/aromatic N) is 2. The van der Waals surface area contributed by atoms with Gasteiger partial charge < -0.3 is 5.32 Å². The smallest absolute Gasteiger partial charge is 0.273 e. The van der Waals surface area contributed by atoms with E-state index in [1.54, 1.807) is 16.8 Å². The molecule has 0 aliphatic heterocycles. The molecule has 0 radical (unpaired) electrons. The summed E-state index contributed by atoms with van der Waals surface area (Å²) in [6.07, 6.45) is 0. The van der Waals surface area contributed by atoms with Gasteiger partial charge in [0.05, 0.1) is 17.6 Å². The van der Waals surface area contributed by atoms with Gasteiger partial charge in [-0.1, -0.05) is 60.7 Å². The minimum absolute atomic E-state index is 0.229. The summed E-state index contributed by atoms with van der Waals surface area (Å²) in [4.78, 5) is 13.1. The average Bonchev–Trinajstić information content (AvgIpc) is 3.09. The van der Waals surface area contributed by atoms with E-state index in [2.05, 4.69) is 10.4 Å². The van der Waals surface area contributed by atoms with Gasteiger partial charge in [0.2, 0.25) is 0 Å². The number of carbonyl (C=O) groups excluding carboxylic acids is 1. The lowest BCUT2D eigenvalue weighted by Gasteiger charge is -2.26. The normalized spacial score (nSPS) is 11.6. The van der Waals surface area contributed by atoms with E-state index in [1.165, 1.54) is 12.1 Å². The number of halogens is 1. The van der Waals surface area contributed by atoms with Gasteiger partial charge in [0.1, 0.15) is 5.82 Å². The summed E-state index contributed by atoms with van der Waals surface area (Å²) in [6.45, 7) is 4.39. The molecule has 4 aromatic rings. The maximum Gasteiger partial charge on any atom is 0.273 e. The van der Waals surface area contributed by atoms with E-state index >= 15 is 0 Å². The number of hydrogen-bond acceptors (Lipinski definition) is 2. The first-order valence-electron chi connectivity index (χ1n) is 9.52. The fourth-order valence-corrected chi connectivity index (χ4v) is 3.45. The van der Waals surface area contributed by atoms with Crippen LogP contribution < -0.4 is 5.32 Å². The van der Waals surface area contributed by atoms with Gasteiger partial charge in [0.15, 0.2) is 5.69 Å². The van der Waals surface area contributed by atoms with E-state index in [-0.39, 0.29) is 11.7 Å². The van der Waals surface area contributed by atoms with Gasteiger partial charge >= 0.3 is 0 Å². The van der Waals surface area contributed by atoms with Crippen molar-refractivity contribution in [1.82, 2.24) is 15.1 Å². The van der Waals surface area contributed by atoms with Crippen LogP contribution in [-0.2, 0) is 12.1 Å². The standard InChI is InChI=1S/C24H22FN3O/c1-24(2,18-8-4-3-5-9-18)26-23(29)22-20-10-6-7-11-21(20)28(27-22)16-17-12-14-19(25)15-13-17/h3-15H,16H2,1-2H3,(H,26,29). The molecule has 0 aliphatic rings. The molecule has 1 aromatic heterocycles. The molecular weight excluding hydrogens is 365 g/mol. The summed E-state index contributed by atoms with van der Waals surface area (Å²) in [7, 11) is 0. The molecule has 1 heterocycles. The summed E-state index contributed by atoms with van der Waals surface area (Å²) in [6, 6.07) is 23.8. The highest BCUT2D eigenvalue weighted by molar-refractivity contribution is 6.05. The Morgan fingerprint density at radius 3 is 2.34 bits per heavy atom. The van der Waals surface area contributed by atoms with E-state index < -0.39 is 5.54 Å². The number of rotatable bonds is 5. The van der Waals surface area contributed by atoms with Crippen molar-refractivity contribution in [3.8, 4) is 0 Å². The number of carbonyl (C=O) groups is 1. The zero-order valence-electron chi connectivity index (χ0n) is 16.4. The average molecular weight is 387 g/mol. The van der Waals surface area contributed by atoms with Crippen molar-refractivity contribution in [1.29, 1.82) is 0 Å². The Balaban J connectivity index is 1.67. The van der Waals surface area contributed by atoms with Crippen LogP contribution in [0.25, 0.3) is 10.9 Å². The predicted molar refractivity (Wildman–Crippen MR) is 112 cm³/mol. The van der Waals surface area contributed by atoms with E-state index in [9.17, 15) is 9.18 Å². The lowest BCUT2D eigenvalue weighted by Crippen LogP contribution is -2.41. The Morgan fingerprint density at radius 2 is 1.62 bits per heavy atom. The van der Waals surface area contributed by atoms with Gasteiger partial charge in [-0.15, -0.1) is 0 Å². The van der Waals surface area contributed by atoms with Crippen molar-refractivity contribution in [2.75, 3.05) is 0 Å². The van der Waals surface area contributed by atoms with Crippen LogP contribution in [0.2, 0.25) is 0 Å². The zero-order valence-corrected chi connectivity index (χ0v) is 16.4. The van der Waals surface area contributed by atoms with Gasteiger partial charge in [0, 0.05) is 5.39 Å². The molecule has 0 saturated heterocycles. The fourth-order valence-electron chi connectivity index (χ4n) is 3.45. The van der Waals surface area contributed by atoms with Crippen LogP contribution in [0.3, 0.4) is 0 Å². The van der Waals surface area contributed by atoms with E-state index in [4.69, 9.17) is 0 Å². The summed E-state index contributed by atoms with van der Waals surface area (Å²) in [5, 5.41) is 8.48. The first-order valence-corrected chi connectivity index (χ1v) is 9.52. The number of para-hydroxylation sites is 1. The molecule has 4 nitrogen and oxygen atoms in total. The largest absolute Gasteiger partial charge is 0.342 e. The van der Waals surface area contributed by atoms with E-state index in [0.29, 0.717) is 12.2 Å². The lowest BCUT2D eigenvalue weighted by molar-refractivity contribution is 0.0907. The number of aromatic nitrogens is 2. The number of fused-ring (bicyclic) bond motifs is 1. The Kier molecular flexibility index (Phi) is 4.89. The number of benzene rings is 3. The van der Waals surface area contributed by atoms with Gasteiger partial charge in [-0.2, -0.15) is 5.10 Å². The van der Waals surface area contributed by atoms with Crippen LogP contribution in [-0.4, -0.2) is 15.7 Å².